The SMILES string of the molecule is COC(=O)[C@@H](CC=C(C)C)NC(=O)Cc1c(F)cccc1F. The van der Waals surface area contributed by atoms with Crippen LogP contribution < -0.4 is 5.32 Å². The van der Waals surface area contributed by atoms with Crippen LogP contribution in [0.5, 0.6) is 0 Å². The van der Waals surface area contributed by atoms with Crippen LogP contribution in [-0.4, -0.2) is 25.0 Å². The molecular formula is C16H19F2NO3. The summed E-state index contributed by atoms with van der Waals surface area (Å²) in [7, 11) is 1.21. The van der Waals surface area contributed by atoms with Crippen LogP contribution in [0.15, 0.2) is 29.8 Å². The van der Waals surface area contributed by atoms with Crippen LogP contribution in [0.25, 0.3) is 0 Å². The van der Waals surface area contributed by atoms with Gasteiger partial charge in [-0.2, -0.15) is 0 Å². The molecule has 0 spiro atoms. The lowest BCUT2D eigenvalue weighted by Crippen LogP contribution is -2.42. The molecule has 0 aliphatic heterocycles. The highest BCUT2D eigenvalue weighted by Gasteiger charge is 2.21. The summed E-state index contributed by atoms with van der Waals surface area (Å²) in [6.07, 6.45) is 1.53. The minimum absolute atomic E-state index is 0.250. The van der Waals surface area contributed by atoms with Gasteiger partial charge in [0, 0.05) is 5.56 Å². The Kier molecular flexibility index (Phi) is 6.69. The van der Waals surface area contributed by atoms with E-state index in [1.807, 2.05) is 13.8 Å². The maximum Gasteiger partial charge on any atom is 0.328 e. The topological polar surface area (TPSA) is 55.4 Å². The fourth-order valence-corrected chi connectivity index (χ4v) is 1.82. The summed E-state index contributed by atoms with van der Waals surface area (Å²) < 4.78 is 31.6. The zero-order valence-electron chi connectivity index (χ0n) is 12.8. The predicted octanol–water partition coefficient (Wildman–Crippen LogP) is 2.52. The second-order valence-electron chi connectivity index (χ2n) is 5.04. The van der Waals surface area contributed by atoms with E-state index >= 15 is 0 Å². The normalized spacial score (nSPS) is 11.5. The number of esters is 1. The standard InChI is InChI=1S/C16H19F2NO3/c1-10(2)7-8-14(16(21)22-3)19-15(20)9-11-12(17)5-4-6-13(11)18/h4-7,14H,8-9H2,1-3H3,(H,19,20)/t14-/m1/s1. The smallest absolute Gasteiger partial charge is 0.328 e. The van der Waals surface area contributed by atoms with Crippen molar-refractivity contribution in [1.29, 1.82) is 0 Å². The van der Waals surface area contributed by atoms with Gasteiger partial charge in [0.2, 0.25) is 5.91 Å². The molecule has 0 saturated heterocycles. The second kappa shape index (κ2) is 8.26. The van der Waals surface area contributed by atoms with Gasteiger partial charge in [-0.15, -0.1) is 0 Å². The number of methoxy groups -OCH3 is 1. The van der Waals surface area contributed by atoms with Crippen molar-refractivity contribution in [3.63, 3.8) is 0 Å². The van der Waals surface area contributed by atoms with E-state index in [0.29, 0.717) is 0 Å². The maximum absolute atomic E-state index is 13.5. The van der Waals surface area contributed by atoms with E-state index in [4.69, 9.17) is 0 Å². The van der Waals surface area contributed by atoms with Crippen LogP contribution in [0.1, 0.15) is 25.8 Å². The number of hydrogen-bond donors (Lipinski definition) is 1. The first-order valence-electron chi connectivity index (χ1n) is 6.78. The number of allylic oxidation sites excluding steroid dienone is 1. The Morgan fingerprint density at radius 2 is 1.86 bits per heavy atom. The van der Waals surface area contributed by atoms with E-state index < -0.39 is 36.0 Å². The van der Waals surface area contributed by atoms with Gasteiger partial charge >= 0.3 is 5.97 Å². The fourth-order valence-electron chi connectivity index (χ4n) is 1.82. The second-order valence-corrected chi connectivity index (χ2v) is 5.04. The molecule has 1 atom stereocenters. The Bertz CT molecular complexity index is 561. The van der Waals surface area contributed by atoms with E-state index in [-0.39, 0.29) is 12.0 Å². The number of amides is 1. The van der Waals surface area contributed by atoms with E-state index in [2.05, 4.69) is 10.1 Å². The third-order valence-electron chi connectivity index (χ3n) is 2.98. The highest BCUT2D eigenvalue weighted by atomic mass is 19.1. The van der Waals surface area contributed by atoms with Crippen molar-refractivity contribution in [2.75, 3.05) is 7.11 Å². The lowest BCUT2D eigenvalue weighted by Gasteiger charge is -2.15. The first kappa shape index (κ1) is 17.8. The summed E-state index contributed by atoms with van der Waals surface area (Å²) in [5, 5.41) is 2.43. The van der Waals surface area contributed by atoms with Gasteiger partial charge in [0.1, 0.15) is 17.7 Å². The molecule has 6 heteroatoms. The molecule has 0 heterocycles. The molecule has 0 aliphatic carbocycles. The van der Waals surface area contributed by atoms with Crippen LogP contribution in [0.4, 0.5) is 8.78 Å². The van der Waals surface area contributed by atoms with E-state index in [9.17, 15) is 18.4 Å². The summed E-state index contributed by atoms with van der Waals surface area (Å²) in [4.78, 5) is 23.6. The Morgan fingerprint density at radius 1 is 1.27 bits per heavy atom. The number of carbonyl (C=O) groups is 2. The van der Waals surface area contributed by atoms with E-state index in [1.165, 1.54) is 13.2 Å². The summed E-state index contributed by atoms with van der Waals surface area (Å²) in [6.45, 7) is 3.70. The van der Waals surface area contributed by atoms with Crippen molar-refractivity contribution in [2.45, 2.75) is 32.7 Å². The number of halogens is 2. The van der Waals surface area contributed by atoms with Gasteiger partial charge in [0.15, 0.2) is 0 Å². The van der Waals surface area contributed by atoms with Crippen LogP contribution in [0.3, 0.4) is 0 Å². The van der Waals surface area contributed by atoms with Crippen LogP contribution in [0, 0.1) is 11.6 Å². The third kappa shape index (κ3) is 5.27. The summed E-state index contributed by atoms with van der Waals surface area (Å²) in [6, 6.07) is 2.49. The lowest BCUT2D eigenvalue weighted by molar-refractivity contribution is -0.144. The highest BCUT2D eigenvalue weighted by Crippen LogP contribution is 2.13. The third-order valence-corrected chi connectivity index (χ3v) is 2.98. The molecule has 1 rings (SSSR count). The molecule has 0 unspecified atom stereocenters. The molecule has 1 aromatic rings. The van der Waals surface area contributed by atoms with Crippen LogP contribution >= 0.6 is 0 Å². The largest absolute Gasteiger partial charge is 0.467 e. The maximum atomic E-state index is 13.5. The highest BCUT2D eigenvalue weighted by molar-refractivity contribution is 5.85. The van der Waals surface area contributed by atoms with E-state index in [0.717, 1.165) is 17.7 Å². The molecule has 22 heavy (non-hydrogen) atoms. The lowest BCUT2D eigenvalue weighted by atomic mass is 10.1. The number of ether oxygens (including phenoxy) is 1. The van der Waals surface area contributed by atoms with Crippen LogP contribution in [-0.2, 0) is 20.7 Å². The Labute approximate surface area is 128 Å². The number of benzene rings is 1. The molecular weight excluding hydrogens is 292 g/mol. The summed E-state index contributed by atoms with van der Waals surface area (Å²) >= 11 is 0. The molecule has 0 radical (unpaired) electrons. The molecule has 0 fully saturated rings. The first-order valence-corrected chi connectivity index (χ1v) is 6.78. The summed E-state index contributed by atoms with van der Waals surface area (Å²) in [5.41, 5.74) is 0.647. The minimum atomic E-state index is -0.887. The average molecular weight is 311 g/mol. The van der Waals surface area contributed by atoms with Gasteiger partial charge in [0.05, 0.1) is 13.5 Å². The molecule has 0 saturated carbocycles. The van der Waals surface area contributed by atoms with Crippen molar-refractivity contribution in [3.8, 4) is 0 Å². The number of rotatable bonds is 6. The Hall–Kier alpha value is -2.24. The first-order chi connectivity index (χ1) is 10.3. The van der Waals surface area contributed by atoms with E-state index in [1.54, 1.807) is 6.08 Å². The predicted molar refractivity (Wildman–Crippen MR) is 78.1 cm³/mol. The van der Waals surface area contributed by atoms with Gasteiger partial charge in [-0.25, -0.2) is 13.6 Å². The van der Waals surface area contributed by atoms with Crippen molar-refractivity contribution in [1.82, 2.24) is 5.32 Å². The minimum Gasteiger partial charge on any atom is -0.467 e. The Morgan fingerprint density at radius 3 is 2.36 bits per heavy atom. The molecule has 1 aromatic carbocycles. The Balaban J connectivity index is 2.79. The van der Waals surface area contributed by atoms with Crippen molar-refractivity contribution in [2.24, 2.45) is 0 Å². The van der Waals surface area contributed by atoms with Crippen LogP contribution in [0.2, 0.25) is 0 Å². The van der Waals surface area contributed by atoms with Gasteiger partial charge in [0.25, 0.3) is 0 Å². The van der Waals surface area contributed by atoms with Gasteiger partial charge in [-0.05, 0) is 32.4 Å². The quantitative estimate of drug-likeness (QED) is 0.649. The number of hydrogen-bond acceptors (Lipinski definition) is 3. The zero-order chi connectivity index (χ0) is 16.7. The van der Waals surface area contributed by atoms with Gasteiger partial charge in [-0.1, -0.05) is 17.7 Å². The average Bonchev–Trinajstić information content (AvgIpc) is 2.46. The van der Waals surface area contributed by atoms with Crippen molar-refractivity contribution < 1.29 is 23.1 Å². The van der Waals surface area contributed by atoms with Gasteiger partial charge in [-0.3, -0.25) is 4.79 Å². The molecule has 120 valence electrons. The van der Waals surface area contributed by atoms with Crippen molar-refractivity contribution in [3.05, 3.63) is 47.0 Å². The number of carbonyl (C=O) groups excluding carboxylic acids is 2. The molecule has 1 N–H and O–H groups in total. The molecule has 0 bridgehead atoms. The molecule has 0 aromatic heterocycles. The zero-order valence-corrected chi connectivity index (χ0v) is 12.8. The summed E-state index contributed by atoms with van der Waals surface area (Å²) in [5.74, 6) is -2.86. The molecule has 0 aliphatic rings. The van der Waals surface area contributed by atoms with Crippen molar-refractivity contribution >= 4 is 11.9 Å². The number of nitrogens with one attached hydrogen (secondary N) is 1. The van der Waals surface area contributed by atoms with Gasteiger partial charge < -0.3 is 10.1 Å². The molecule has 1 amide bonds. The fraction of sp³-hybridized carbons (Fsp3) is 0.375. The monoisotopic (exact) mass is 311 g/mol. The molecule has 4 nitrogen and oxygen atoms in total.